The number of carbonyl (C=O) groups excluding carboxylic acids is 1. The number of ether oxygens (including phenoxy) is 3. The van der Waals surface area contributed by atoms with Crippen LogP contribution in [0.2, 0.25) is 0 Å². The molecule has 1 aromatic carbocycles. The van der Waals surface area contributed by atoms with Crippen molar-refractivity contribution in [1.29, 1.82) is 0 Å². The molecule has 0 N–H and O–H groups in total. The summed E-state index contributed by atoms with van der Waals surface area (Å²) >= 11 is 0. The van der Waals surface area contributed by atoms with Gasteiger partial charge in [-0.25, -0.2) is 4.79 Å². The van der Waals surface area contributed by atoms with Crippen molar-refractivity contribution >= 4 is 6.09 Å². The molecule has 27 heavy (non-hydrogen) atoms. The second-order valence-corrected chi connectivity index (χ2v) is 8.64. The zero-order valence-electron chi connectivity index (χ0n) is 17.0. The minimum absolute atomic E-state index is 0.181. The number of benzene rings is 1. The number of amides is 1. The Bertz CT molecular complexity index is 644. The van der Waals surface area contributed by atoms with Crippen LogP contribution in [-0.2, 0) is 15.9 Å². The molecule has 2 saturated heterocycles. The zero-order chi connectivity index (χ0) is 19.5. The molecule has 0 radical (unpaired) electrons. The van der Waals surface area contributed by atoms with Gasteiger partial charge < -0.3 is 19.1 Å². The molecule has 0 aromatic heterocycles. The fourth-order valence-corrected chi connectivity index (χ4v) is 3.38. The number of hydrogen-bond donors (Lipinski definition) is 0. The van der Waals surface area contributed by atoms with Gasteiger partial charge in [-0.3, -0.25) is 4.90 Å². The molecule has 0 saturated carbocycles. The molecule has 1 spiro atoms. The van der Waals surface area contributed by atoms with E-state index < -0.39 is 5.60 Å². The van der Waals surface area contributed by atoms with Crippen LogP contribution in [0.25, 0.3) is 0 Å². The van der Waals surface area contributed by atoms with Gasteiger partial charge in [-0.1, -0.05) is 12.1 Å². The number of likely N-dealkylation sites (N-methyl/N-ethyl adjacent to an activating group) is 1. The van der Waals surface area contributed by atoms with Gasteiger partial charge in [0.25, 0.3) is 0 Å². The lowest BCUT2D eigenvalue weighted by Gasteiger charge is -2.55. The van der Waals surface area contributed by atoms with E-state index in [0.29, 0.717) is 13.2 Å². The summed E-state index contributed by atoms with van der Waals surface area (Å²) in [5, 5.41) is 0. The summed E-state index contributed by atoms with van der Waals surface area (Å²) in [6.45, 7) is 10.8. The highest BCUT2D eigenvalue weighted by Crippen LogP contribution is 2.35. The summed E-state index contributed by atoms with van der Waals surface area (Å²) in [6, 6.07) is 8.09. The van der Waals surface area contributed by atoms with E-state index >= 15 is 0 Å². The van der Waals surface area contributed by atoms with Crippen LogP contribution in [0.3, 0.4) is 0 Å². The first-order chi connectivity index (χ1) is 12.7. The van der Waals surface area contributed by atoms with Crippen molar-refractivity contribution in [2.45, 2.75) is 44.8 Å². The maximum absolute atomic E-state index is 12.0. The van der Waals surface area contributed by atoms with E-state index in [4.69, 9.17) is 14.2 Å². The summed E-state index contributed by atoms with van der Waals surface area (Å²) in [5.74, 6) is 0.877. The first kappa shape index (κ1) is 20.0. The standard InChI is InChI=1S/C21H32N2O4/c1-20(2,3)27-19(24)22(4)10-8-17-6-5-7-18(14-17)25-13-11-23-15-21(16-23)9-12-26-21/h5-7,14H,8-13,15-16H2,1-4H3. The Hall–Kier alpha value is -1.79. The van der Waals surface area contributed by atoms with Gasteiger partial charge >= 0.3 is 6.09 Å². The molecule has 150 valence electrons. The summed E-state index contributed by atoms with van der Waals surface area (Å²) < 4.78 is 16.9. The SMILES string of the molecule is CN(CCc1cccc(OCCN2CC3(CCO3)C2)c1)C(=O)OC(C)(C)C. The lowest BCUT2D eigenvalue weighted by molar-refractivity contribution is -0.221. The second-order valence-electron chi connectivity index (χ2n) is 8.64. The van der Waals surface area contributed by atoms with Crippen LogP contribution in [0.15, 0.2) is 24.3 Å². The molecule has 0 aliphatic carbocycles. The molecule has 6 nitrogen and oxygen atoms in total. The van der Waals surface area contributed by atoms with E-state index in [9.17, 15) is 4.79 Å². The monoisotopic (exact) mass is 376 g/mol. The lowest BCUT2D eigenvalue weighted by Crippen LogP contribution is -2.68. The molecule has 2 aliphatic heterocycles. The largest absolute Gasteiger partial charge is 0.492 e. The van der Waals surface area contributed by atoms with Crippen molar-refractivity contribution in [1.82, 2.24) is 9.80 Å². The Kier molecular flexibility index (Phi) is 5.96. The molecule has 1 aromatic rings. The maximum Gasteiger partial charge on any atom is 0.410 e. The van der Waals surface area contributed by atoms with E-state index in [1.165, 1.54) is 6.42 Å². The Balaban J connectivity index is 1.37. The molecular formula is C21H32N2O4. The summed E-state index contributed by atoms with van der Waals surface area (Å²) in [4.78, 5) is 16.0. The molecule has 0 atom stereocenters. The third kappa shape index (κ3) is 5.59. The van der Waals surface area contributed by atoms with E-state index in [0.717, 1.165) is 44.0 Å². The van der Waals surface area contributed by atoms with Gasteiger partial charge in [-0.15, -0.1) is 0 Å². The number of likely N-dealkylation sites (tertiary alicyclic amines) is 1. The highest BCUT2D eigenvalue weighted by molar-refractivity contribution is 5.67. The van der Waals surface area contributed by atoms with Gasteiger partial charge in [0.05, 0.1) is 12.2 Å². The predicted octanol–water partition coefficient (Wildman–Crippen LogP) is 2.95. The molecule has 0 unspecified atom stereocenters. The molecular weight excluding hydrogens is 344 g/mol. The topological polar surface area (TPSA) is 51.2 Å². The maximum atomic E-state index is 12.0. The smallest absolute Gasteiger partial charge is 0.410 e. The lowest BCUT2D eigenvalue weighted by atomic mass is 9.86. The highest BCUT2D eigenvalue weighted by Gasteiger charge is 2.48. The fraction of sp³-hybridized carbons (Fsp3) is 0.667. The normalized spacial score (nSPS) is 18.5. The number of nitrogens with zero attached hydrogens (tertiary/aromatic N) is 2. The highest BCUT2D eigenvalue weighted by atomic mass is 16.6. The van der Waals surface area contributed by atoms with Crippen LogP contribution >= 0.6 is 0 Å². The Morgan fingerprint density at radius 1 is 1.33 bits per heavy atom. The fourth-order valence-electron chi connectivity index (χ4n) is 3.38. The second kappa shape index (κ2) is 8.07. The van der Waals surface area contributed by atoms with E-state index in [1.807, 2.05) is 32.9 Å². The van der Waals surface area contributed by atoms with Crippen LogP contribution in [0.5, 0.6) is 5.75 Å². The molecule has 2 fully saturated rings. The van der Waals surface area contributed by atoms with Crippen molar-refractivity contribution in [2.75, 3.05) is 46.4 Å². The zero-order valence-corrected chi connectivity index (χ0v) is 17.0. The molecule has 2 heterocycles. The van der Waals surface area contributed by atoms with Crippen LogP contribution < -0.4 is 4.74 Å². The van der Waals surface area contributed by atoms with Gasteiger partial charge in [0.1, 0.15) is 18.0 Å². The predicted molar refractivity (Wildman–Crippen MR) is 104 cm³/mol. The summed E-state index contributed by atoms with van der Waals surface area (Å²) in [7, 11) is 1.76. The third-order valence-electron chi connectivity index (χ3n) is 5.01. The van der Waals surface area contributed by atoms with E-state index in [-0.39, 0.29) is 11.7 Å². The van der Waals surface area contributed by atoms with E-state index in [2.05, 4.69) is 17.0 Å². The quantitative estimate of drug-likeness (QED) is 0.732. The van der Waals surface area contributed by atoms with Gasteiger partial charge in [0, 0.05) is 39.6 Å². The van der Waals surface area contributed by atoms with Crippen LogP contribution in [0.1, 0.15) is 32.8 Å². The first-order valence-corrected chi connectivity index (χ1v) is 9.77. The molecule has 2 aliphatic rings. The number of rotatable bonds is 7. The molecule has 3 rings (SSSR count). The number of carbonyl (C=O) groups is 1. The average molecular weight is 376 g/mol. The van der Waals surface area contributed by atoms with Crippen molar-refractivity contribution in [2.24, 2.45) is 0 Å². The summed E-state index contributed by atoms with van der Waals surface area (Å²) in [6.07, 6.45) is 1.67. The molecule has 0 bridgehead atoms. The average Bonchev–Trinajstić information content (AvgIpc) is 2.51. The Labute approximate surface area is 162 Å². The van der Waals surface area contributed by atoms with Crippen molar-refractivity contribution in [3.63, 3.8) is 0 Å². The van der Waals surface area contributed by atoms with E-state index in [1.54, 1.807) is 11.9 Å². The van der Waals surface area contributed by atoms with Crippen LogP contribution in [-0.4, -0.2) is 73.5 Å². The van der Waals surface area contributed by atoms with Crippen LogP contribution in [0.4, 0.5) is 4.79 Å². The van der Waals surface area contributed by atoms with Crippen LogP contribution in [0, 0.1) is 0 Å². The minimum Gasteiger partial charge on any atom is -0.492 e. The van der Waals surface area contributed by atoms with Crippen molar-refractivity contribution < 1.29 is 19.0 Å². The molecule has 1 amide bonds. The Morgan fingerprint density at radius 2 is 2.07 bits per heavy atom. The minimum atomic E-state index is -0.472. The van der Waals surface area contributed by atoms with Gasteiger partial charge in [-0.2, -0.15) is 0 Å². The molecule has 6 heteroatoms. The van der Waals surface area contributed by atoms with Gasteiger partial charge in [0.15, 0.2) is 0 Å². The third-order valence-corrected chi connectivity index (χ3v) is 5.01. The summed E-state index contributed by atoms with van der Waals surface area (Å²) in [5.41, 5.74) is 0.855. The van der Waals surface area contributed by atoms with Crippen molar-refractivity contribution in [3.05, 3.63) is 29.8 Å². The van der Waals surface area contributed by atoms with Gasteiger partial charge in [0.2, 0.25) is 0 Å². The number of hydrogen-bond acceptors (Lipinski definition) is 5. The van der Waals surface area contributed by atoms with Crippen molar-refractivity contribution in [3.8, 4) is 5.75 Å². The van der Waals surface area contributed by atoms with Gasteiger partial charge in [-0.05, 0) is 44.9 Å². The first-order valence-electron chi connectivity index (χ1n) is 9.77. The Morgan fingerprint density at radius 3 is 2.70 bits per heavy atom.